The van der Waals surface area contributed by atoms with E-state index in [9.17, 15) is 9.59 Å². The third kappa shape index (κ3) is 10.9. The number of hydrogen-bond acceptors (Lipinski definition) is 3. The molecular weight excluding hydrogens is 424 g/mol. The number of nitrogens with zero attached hydrogens (tertiary/aromatic N) is 2. The molecule has 0 spiro atoms. The summed E-state index contributed by atoms with van der Waals surface area (Å²) in [6.07, 6.45) is 14.7. The minimum absolute atomic E-state index is 0.0221. The van der Waals surface area contributed by atoms with E-state index in [2.05, 4.69) is 13.5 Å². The molecule has 2 amide bonds. The molecule has 1 aromatic carbocycles. The monoisotopic (exact) mass is 466 g/mol. The first kappa shape index (κ1) is 27.4. The SMILES string of the molecule is C=CCN(CC(=O)N(Cc1ccccc1)Cc1ccco1)C(=O)CCCCCCCCCCC. The molecule has 0 saturated heterocycles. The Labute approximate surface area is 205 Å². The predicted octanol–water partition coefficient (Wildman–Crippen LogP) is 6.74. The van der Waals surface area contributed by atoms with Crippen molar-refractivity contribution in [2.45, 2.75) is 84.2 Å². The van der Waals surface area contributed by atoms with E-state index in [0.717, 1.165) is 24.2 Å². The third-order valence-corrected chi connectivity index (χ3v) is 6.02. The van der Waals surface area contributed by atoms with Crippen LogP contribution in [0, 0.1) is 0 Å². The van der Waals surface area contributed by atoms with Crippen molar-refractivity contribution in [2.75, 3.05) is 13.1 Å². The number of furan rings is 1. The lowest BCUT2D eigenvalue weighted by Gasteiger charge is -2.27. The highest BCUT2D eigenvalue weighted by Crippen LogP contribution is 2.14. The van der Waals surface area contributed by atoms with Crippen LogP contribution in [0.3, 0.4) is 0 Å². The van der Waals surface area contributed by atoms with E-state index in [-0.39, 0.29) is 18.4 Å². The highest BCUT2D eigenvalue weighted by molar-refractivity contribution is 5.85. The Morgan fingerprint density at radius 2 is 1.50 bits per heavy atom. The summed E-state index contributed by atoms with van der Waals surface area (Å²) in [5.74, 6) is 0.650. The lowest BCUT2D eigenvalue weighted by molar-refractivity contribution is -0.141. The normalized spacial score (nSPS) is 10.7. The van der Waals surface area contributed by atoms with E-state index in [1.54, 1.807) is 22.1 Å². The maximum atomic E-state index is 13.2. The van der Waals surface area contributed by atoms with Crippen LogP contribution >= 0.6 is 0 Å². The van der Waals surface area contributed by atoms with Crippen LogP contribution in [0.15, 0.2) is 65.8 Å². The van der Waals surface area contributed by atoms with Crippen molar-refractivity contribution >= 4 is 11.8 Å². The van der Waals surface area contributed by atoms with Gasteiger partial charge < -0.3 is 14.2 Å². The molecule has 186 valence electrons. The van der Waals surface area contributed by atoms with Crippen molar-refractivity contribution in [2.24, 2.45) is 0 Å². The average molecular weight is 467 g/mol. The molecule has 2 aromatic rings. The minimum Gasteiger partial charge on any atom is -0.467 e. The molecule has 0 unspecified atom stereocenters. The summed E-state index contributed by atoms with van der Waals surface area (Å²) >= 11 is 0. The van der Waals surface area contributed by atoms with Crippen LogP contribution in [0.5, 0.6) is 0 Å². The molecule has 0 aliphatic rings. The molecule has 1 aromatic heterocycles. The highest BCUT2D eigenvalue weighted by Gasteiger charge is 2.21. The van der Waals surface area contributed by atoms with E-state index in [1.807, 2.05) is 42.5 Å². The second-order valence-corrected chi connectivity index (χ2v) is 8.96. The minimum atomic E-state index is -0.0949. The fourth-order valence-corrected chi connectivity index (χ4v) is 4.05. The summed E-state index contributed by atoms with van der Waals surface area (Å²) in [6, 6.07) is 13.6. The lowest BCUT2D eigenvalue weighted by atomic mass is 10.1. The van der Waals surface area contributed by atoms with Crippen LogP contribution in [0.4, 0.5) is 0 Å². The molecule has 0 aliphatic carbocycles. The number of carbonyl (C=O) groups is 2. The second-order valence-electron chi connectivity index (χ2n) is 8.96. The molecule has 0 fully saturated rings. The van der Waals surface area contributed by atoms with Crippen molar-refractivity contribution in [1.82, 2.24) is 9.80 Å². The van der Waals surface area contributed by atoms with Gasteiger partial charge in [-0.3, -0.25) is 9.59 Å². The Morgan fingerprint density at radius 1 is 0.824 bits per heavy atom. The number of rotatable bonds is 18. The quantitative estimate of drug-likeness (QED) is 0.180. The van der Waals surface area contributed by atoms with Crippen LogP contribution in [0.25, 0.3) is 0 Å². The molecule has 0 bridgehead atoms. The van der Waals surface area contributed by atoms with Gasteiger partial charge in [0, 0.05) is 19.5 Å². The fourth-order valence-electron chi connectivity index (χ4n) is 4.05. The van der Waals surface area contributed by atoms with Gasteiger partial charge in [-0.05, 0) is 24.1 Å². The Balaban J connectivity index is 1.84. The smallest absolute Gasteiger partial charge is 0.242 e. The first-order chi connectivity index (χ1) is 16.6. The van der Waals surface area contributed by atoms with E-state index in [4.69, 9.17) is 4.42 Å². The first-order valence-corrected chi connectivity index (χ1v) is 12.9. The van der Waals surface area contributed by atoms with Gasteiger partial charge in [-0.1, -0.05) is 94.7 Å². The Bertz CT molecular complexity index is 817. The molecule has 0 radical (unpaired) electrons. The highest BCUT2D eigenvalue weighted by atomic mass is 16.3. The number of amides is 2. The Morgan fingerprint density at radius 3 is 2.12 bits per heavy atom. The molecule has 0 saturated carbocycles. The first-order valence-electron chi connectivity index (χ1n) is 12.9. The average Bonchev–Trinajstić information content (AvgIpc) is 3.36. The maximum absolute atomic E-state index is 13.2. The second kappa shape index (κ2) is 16.7. The van der Waals surface area contributed by atoms with E-state index in [0.29, 0.717) is 26.1 Å². The van der Waals surface area contributed by atoms with Gasteiger partial charge in [-0.25, -0.2) is 0 Å². The van der Waals surface area contributed by atoms with Gasteiger partial charge in [0.15, 0.2) is 0 Å². The van der Waals surface area contributed by atoms with Crippen molar-refractivity contribution in [3.63, 3.8) is 0 Å². The lowest BCUT2D eigenvalue weighted by Crippen LogP contribution is -2.42. The Hall–Kier alpha value is -2.82. The van der Waals surface area contributed by atoms with Crippen molar-refractivity contribution in [3.05, 3.63) is 72.7 Å². The van der Waals surface area contributed by atoms with Crippen molar-refractivity contribution in [3.8, 4) is 0 Å². The van der Waals surface area contributed by atoms with Crippen LogP contribution < -0.4 is 0 Å². The summed E-state index contributed by atoms with van der Waals surface area (Å²) in [5, 5.41) is 0. The fraction of sp³-hybridized carbons (Fsp3) is 0.517. The number of carbonyl (C=O) groups excluding carboxylic acids is 2. The van der Waals surface area contributed by atoms with Gasteiger partial charge in [0.25, 0.3) is 0 Å². The zero-order chi connectivity index (χ0) is 24.4. The molecule has 5 heteroatoms. The zero-order valence-corrected chi connectivity index (χ0v) is 20.9. The van der Waals surface area contributed by atoms with Gasteiger partial charge in [0.05, 0.1) is 12.8 Å². The molecule has 5 nitrogen and oxygen atoms in total. The van der Waals surface area contributed by atoms with E-state index in [1.165, 1.54) is 44.9 Å². The van der Waals surface area contributed by atoms with Gasteiger partial charge in [-0.15, -0.1) is 6.58 Å². The molecular formula is C29H42N2O3. The predicted molar refractivity (Wildman–Crippen MR) is 138 cm³/mol. The van der Waals surface area contributed by atoms with Crippen LogP contribution in [-0.2, 0) is 22.7 Å². The maximum Gasteiger partial charge on any atom is 0.242 e. The summed E-state index contributed by atoms with van der Waals surface area (Å²) in [4.78, 5) is 29.5. The van der Waals surface area contributed by atoms with Crippen LogP contribution in [-0.4, -0.2) is 34.7 Å². The molecule has 2 rings (SSSR count). The van der Waals surface area contributed by atoms with Gasteiger partial charge in [0.2, 0.25) is 11.8 Å². The molecule has 0 N–H and O–H groups in total. The van der Waals surface area contributed by atoms with E-state index < -0.39 is 0 Å². The summed E-state index contributed by atoms with van der Waals surface area (Å²) < 4.78 is 5.47. The molecule has 34 heavy (non-hydrogen) atoms. The van der Waals surface area contributed by atoms with Crippen LogP contribution in [0.1, 0.15) is 82.5 Å². The largest absolute Gasteiger partial charge is 0.467 e. The molecule has 1 heterocycles. The summed E-state index contributed by atoms with van der Waals surface area (Å²) in [7, 11) is 0. The number of benzene rings is 1. The Kier molecular flexibility index (Phi) is 13.5. The van der Waals surface area contributed by atoms with Gasteiger partial charge in [-0.2, -0.15) is 0 Å². The van der Waals surface area contributed by atoms with Crippen molar-refractivity contribution < 1.29 is 14.0 Å². The topological polar surface area (TPSA) is 53.8 Å². The summed E-state index contributed by atoms with van der Waals surface area (Å²) in [5.41, 5.74) is 1.04. The zero-order valence-electron chi connectivity index (χ0n) is 20.9. The molecule has 0 atom stereocenters. The standard InChI is InChI=1S/C29H42N2O3/c1-3-5-6-7-8-9-10-11-15-20-28(32)30(21-4-2)25-29(33)31(24-27-19-16-22-34-27)23-26-17-13-12-14-18-26/h4,12-14,16-19,22H,2-3,5-11,15,20-21,23-25H2,1H3. The number of hydrogen-bond donors (Lipinski definition) is 0. The van der Waals surface area contributed by atoms with Crippen molar-refractivity contribution in [1.29, 1.82) is 0 Å². The van der Waals surface area contributed by atoms with Gasteiger partial charge >= 0.3 is 0 Å². The number of unbranched alkanes of at least 4 members (excludes halogenated alkanes) is 8. The van der Waals surface area contributed by atoms with Gasteiger partial charge in [0.1, 0.15) is 12.3 Å². The molecule has 0 aliphatic heterocycles. The summed E-state index contributed by atoms with van der Waals surface area (Å²) in [6.45, 7) is 7.28. The van der Waals surface area contributed by atoms with Crippen LogP contribution in [0.2, 0.25) is 0 Å². The van der Waals surface area contributed by atoms with E-state index >= 15 is 0 Å². The third-order valence-electron chi connectivity index (χ3n) is 6.02.